The van der Waals surface area contributed by atoms with Crippen molar-refractivity contribution in [1.29, 1.82) is 0 Å². The highest BCUT2D eigenvalue weighted by molar-refractivity contribution is 6.74. The summed E-state index contributed by atoms with van der Waals surface area (Å²) in [6, 6.07) is 0. The Morgan fingerprint density at radius 3 is 2.36 bits per heavy atom. The summed E-state index contributed by atoms with van der Waals surface area (Å²) in [7, 11) is -0.494. The van der Waals surface area contributed by atoms with Gasteiger partial charge in [-0.05, 0) is 36.9 Å². The highest BCUT2D eigenvalue weighted by Gasteiger charge is 2.58. The van der Waals surface area contributed by atoms with Crippen molar-refractivity contribution in [3.8, 4) is 0 Å². The van der Waals surface area contributed by atoms with Crippen LogP contribution < -0.4 is 0 Å². The zero-order chi connectivity index (χ0) is 21.8. The van der Waals surface area contributed by atoms with Crippen molar-refractivity contribution in [2.24, 2.45) is 16.7 Å². The van der Waals surface area contributed by atoms with Crippen molar-refractivity contribution in [2.45, 2.75) is 78.1 Å². The minimum absolute atomic E-state index is 0.0319. The van der Waals surface area contributed by atoms with E-state index in [1.165, 1.54) is 0 Å². The Kier molecular flexibility index (Phi) is 8.40. The number of hydrogen-bond donors (Lipinski definition) is 0. The van der Waals surface area contributed by atoms with Crippen LogP contribution in [-0.2, 0) is 23.5 Å². The molecular formula is C22H40O5Si. The summed E-state index contributed by atoms with van der Waals surface area (Å²) in [4.78, 5) is 25.2. The number of carbonyl (C=O) groups is 2. The van der Waals surface area contributed by atoms with E-state index in [9.17, 15) is 9.59 Å². The van der Waals surface area contributed by atoms with E-state index in [1.807, 2.05) is 6.92 Å². The Balaban J connectivity index is 3.38. The molecule has 1 aliphatic carbocycles. The lowest BCUT2D eigenvalue weighted by Gasteiger charge is -2.53. The molecule has 0 N–H and O–H groups in total. The predicted octanol–water partition coefficient (Wildman–Crippen LogP) is 4.76. The van der Waals surface area contributed by atoms with Gasteiger partial charge in [0.1, 0.15) is 18.9 Å². The van der Waals surface area contributed by atoms with Gasteiger partial charge in [-0.1, -0.05) is 40.7 Å². The molecule has 4 atom stereocenters. The Morgan fingerprint density at radius 2 is 1.89 bits per heavy atom. The molecule has 0 bridgehead atoms. The number of methoxy groups -OCH3 is 1. The number of hydrogen-bond acceptors (Lipinski definition) is 5. The van der Waals surface area contributed by atoms with E-state index in [0.29, 0.717) is 12.8 Å². The van der Waals surface area contributed by atoms with Crippen LogP contribution in [0.3, 0.4) is 0 Å². The van der Waals surface area contributed by atoms with Crippen LogP contribution in [0.1, 0.15) is 53.9 Å². The summed E-state index contributed by atoms with van der Waals surface area (Å²) >= 11 is 0. The molecule has 162 valence electrons. The summed E-state index contributed by atoms with van der Waals surface area (Å²) < 4.78 is 17.5. The molecule has 0 saturated heterocycles. The van der Waals surface area contributed by atoms with Gasteiger partial charge < -0.3 is 18.7 Å². The first-order chi connectivity index (χ1) is 12.8. The highest BCUT2D eigenvalue weighted by atomic mass is 28.4. The number of ketones is 1. The van der Waals surface area contributed by atoms with Gasteiger partial charge in [0.25, 0.3) is 0 Å². The molecule has 0 amide bonds. The molecule has 1 saturated carbocycles. The van der Waals surface area contributed by atoms with E-state index in [1.54, 1.807) is 13.2 Å². The van der Waals surface area contributed by atoms with Gasteiger partial charge in [-0.3, -0.25) is 4.79 Å². The van der Waals surface area contributed by atoms with Crippen LogP contribution in [0, 0.1) is 16.7 Å². The molecule has 0 aromatic rings. The monoisotopic (exact) mass is 412 g/mol. The van der Waals surface area contributed by atoms with Crippen molar-refractivity contribution in [3.63, 3.8) is 0 Å². The molecular weight excluding hydrogens is 372 g/mol. The topological polar surface area (TPSA) is 61.8 Å². The second kappa shape index (κ2) is 9.33. The average Bonchev–Trinajstić information content (AvgIpc) is 2.58. The smallest absolute Gasteiger partial charge is 0.192 e. The van der Waals surface area contributed by atoms with Crippen LogP contribution in [0.4, 0.5) is 0 Å². The van der Waals surface area contributed by atoms with Gasteiger partial charge in [0.05, 0.1) is 12.0 Å². The average molecular weight is 413 g/mol. The largest absolute Gasteiger partial charge is 0.414 e. The summed E-state index contributed by atoms with van der Waals surface area (Å²) in [5, 5.41) is 0.0584. The van der Waals surface area contributed by atoms with Crippen LogP contribution in [0.25, 0.3) is 0 Å². The fourth-order valence-electron chi connectivity index (χ4n) is 3.98. The van der Waals surface area contributed by atoms with Crippen molar-refractivity contribution < 1.29 is 23.5 Å². The molecule has 0 radical (unpaired) electrons. The van der Waals surface area contributed by atoms with Gasteiger partial charge >= 0.3 is 0 Å². The maximum atomic E-state index is 13.7. The van der Waals surface area contributed by atoms with E-state index in [2.05, 4.69) is 47.4 Å². The number of rotatable bonds is 10. The lowest BCUT2D eigenvalue weighted by molar-refractivity contribution is -0.168. The van der Waals surface area contributed by atoms with Gasteiger partial charge in [0.15, 0.2) is 8.32 Å². The predicted molar refractivity (Wildman–Crippen MR) is 115 cm³/mol. The van der Waals surface area contributed by atoms with Gasteiger partial charge in [-0.25, -0.2) is 0 Å². The van der Waals surface area contributed by atoms with Crippen molar-refractivity contribution in [2.75, 3.05) is 20.5 Å². The number of Topliss-reactive ketones (excluding diaryl/α,β-unsaturated/α-hetero) is 1. The number of carbonyl (C=O) groups excluding carboxylic acids is 2. The molecule has 0 spiro atoms. The molecule has 1 fully saturated rings. The summed E-state index contributed by atoms with van der Waals surface area (Å²) in [5.74, 6) is 0.0428. The number of ether oxygens (including phenoxy) is 2. The van der Waals surface area contributed by atoms with Crippen LogP contribution in [-0.4, -0.2) is 47.0 Å². The third-order valence-corrected chi connectivity index (χ3v) is 11.5. The first-order valence-electron chi connectivity index (χ1n) is 10.2. The van der Waals surface area contributed by atoms with Crippen LogP contribution >= 0.6 is 0 Å². The minimum atomic E-state index is -2.06. The third-order valence-electron chi connectivity index (χ3n) is 7.02. The van der Waals surface area contributed by atoms with E-state index in [4.69, 9.17) is 13.9 Å². The molecule has 0 aromatic carbocycles. The first-order valence-corrected chi connectivity index (χ1v) is 13.1. The second-order valence-corrected chi connectivity index (χ2v) is 14.8. The Hall–Kier alpha value is -0.823. The van der Waals surface area contributed by atoms with Crippen molar-refractivity contribution >= 4 is 20.4 Å². The minimum Gasteiger partial charge on any atom is -0.414 e. The van der Waals surface area contributed by atoms with Gasteiger partial charge in [0, 0.05) is 25.0 Å². The number of allylic oxidation sites excluding steroid dienone is 1. The van der Waals surface area contributed by atoms with Crippen LogP contribution in [0.2, 0.25) is 18.1 Å². The quantitative estimate of drug-likeness (QED) is 0.170. The van der Waals surface area contributed by atoms with Crippen LogP contribution in [0.15, 0.2) is 12.7 Å². The molecule has 28 heavy (non-hydrogen) atoms. The summed E-state index contributed by atoms with van der Waals surface area (Å²) in [5.41, 5.74) is -1.54. The molecule has 6 heteroatoms. The van der Waals surface area contributed by atoms with E-state index < -0.39 is 19.1 Å². The van der Waals surface area contributed by atoms with Gasteiger partial charge in [-0.2, -0.15) is 0 Å². The Morgan fingerprint density at radius 1 is 1.29 bits per heavy atom. The SMILES string of the molecule is C=CC[C@]1(CC=O)C[C@@H](O[Si](C)(C)C(C)(C)C)[C@H](C)[C@](C)(COCOC)C1=O. The lowest BCUT2D eigenvalue weighted by Crippen LogP contribution is -2.60. The zero-order valence-corrected chi connectivity index (χ0v) is 20.1. The second-order valence-electron chi connectivity index (χ2n) is 10.1. The molecule has 0 aliphatic heterocycles. The maximum Gasteiger partial charge on any atom is 0.192 e. The Labute approximate surface area is 172 Å². The summed E-state index contributed by atoms with van der Waals surface area (Å²) in [6.45, 7) is 19.3. The van der Waals surface area contributed by atoms with Crippen LogP contribution in [0.5, 0.6) is 0 Å². The first kappa shape index (κ1) is 25.2. The number of aldehydes is 1. The van der Waals surface area contributed by atoms with Crippen molar-refractivity contribution in [1.82, 2.24) is 0 Å². The highest BCUT2D eigenvalue weighted by Crippen LogP contribution is 2.52. The fourth-order valence-corrected chi connectivity index (χ4v) is 5.38. The lowest BCUT2D eigenvalue weighted by atomic mass is 9.54. The normalized spacial score (nSPS) is 31.6. The molecule has 5 nitrogen and oxygen atoms in total. The van der Waals surface area contributed by atoms with Gasteiger partial charge in [-0.15, -0.1) is 6.58 Å². The molecule has 0 heterocycles. The van der Waals surface area contributed by atoms with E-state index >= 15 is 0 Å². The zero-order valence-electron chi connectivity index (χ0n) is 19.1. The van der Waals surface area contributed by atoms with E-state index in [0.717, 1.165) is 6.29 Å². The van der Waals surface area contributed by atoms with Crippen molar-refractivity contribution in [3.05, 3.63) is 12.7 Å². The Bertz CT molecular complexity index is 556. The maximum absolute atomic E-state index is 13.7. The molecule has 1 rings (SSSR count). The molecule has 0 unspecified atom stereocenters. The van der Waals surface area contributed by atoms with E-state index in [-0.39, 0.29) is 42.7 Å². The molecule has 1 aliphatic rings. The standard InChI is InChI=1S/C22H40O5Si/c1-10-11-22(12-13-23)14-18(27-28(8,9)20(3,4)5)17(2)21(6,19(22)24)15-26-16-25-7/h10,13,17-18H,1,11-12,14-16H2,2-9H3/t17-,18+,21-,22-/m0/s1. The van der Waals surface area contributed by atoms with Gasteiger partial charge in [0.2, 0.25) is 0 Å². The third kappa shape index (κ3) is 5.01. The summed E-state index contributed by atoms with van der Waals surface area (Å²) in [6.07, 6.45) is 3.68. The molecule has 0 aromatic heterocycles. The fraction of sp³-hybridized carbons (Fsp3) is 0.818.